The van der Waals surface area contributed by atoms with Gasteiger partial charge in [-0.05, 0) is 79.5 Å². The van der Waals surface area contributed by atoms with Crippen molar-refractivity contribution in [2.45, 2.75) is 70.8 Å². The molecule has 0 radical (unpaired) electrons. The fourth-order valence-corrected chi connectivity index (χ4v) is 9.11. The molecule has 1 aromatic carbocycles. The van der Waals surface area contributed by atoms with Crippen LogP contribution in [0.1, 0.15) is 85.2 Å². The van der Waals surface area contributed by atoms with Gasteiger partial charge in [0, 0.05) is 67.8 Å². The third kappa shape index (κ3) is 12.7. The number of imide groups is 1. The quantitative estimate of drug-likeness (QED) is 0.0408. The maximum absolute atomic E-state index is 16.9. The molecule has 0 aliphatic carbocycles. The molecule has 0 saturated carbocycles. The van der Waals surface area contributed by atoms with Crippen LogP contribution in [-0.4, -0.2) is 126 Å². The molecule has 348 valence electrons. The fourth-order valence-electron chi connectivity index (χ4n) is 7.72. The number of aryl methyl sites for hydroxylation is 1. The van der Waals surface area contributed by atoms with Crippen LogP contribution in [0.4, 0.5) is 8.63 Å². The molecule has 3 aromatic rings. The number of aromatic nitrogens is 1. The number of nitrogens with one attached hydrogen (secondary N) is 2. The summed E-state index contributed by atoms with van der Waals surface area (Å²) in [6.45, 7) is -1.42. The lowest BCUT2D eigenvalue weighted by atomic mass is 9.88. The van der Waals surface area contributed by atoms with Crippen molar-refractivity contribution in [1.82, 2.24) is 20.2 Å². The predicted molar refractivity (Wildman–Crippen MR) is 242 cm³/mol. The zero-order chi connectivity index (χ0) is 47.1. The van der Waals surface area contributed by atoms with Gasteiger partial charge in [-0.15, -0.1) is 16.4 Å². The Balaban J connectivity index is 0.991. The third-order valence-corrected chi connectivity index (χ3v) is 12.5. The third-order valence-electron chi connectivity index (χ3n) is 10.9. The summed E-state index contributed by atoms with van der Waals surface area (Å²) in [5.41, 5.74) is 4.28. The largest absolute Gasteiger partial charge is 0.737 e. The molecule has 3 aliphatic heterocycles. The van der Waals surface area contributed by atoms with Crippen molar-refractivity contribution < 1.29 is 64.1 Å². The van der Waals surface area contributed by atoms with Gasteiger partial charge in [0.05, 0.1) is 39.2 Å². The minimum absolute atomic E-state index is 0.0116. The van der Waals surface area contributed by atoms with Crippen LogP contribution in [0.25, 0.3) is 18.2 Å². The van der Waals surface area contributed by atoms with Gasteiger partial charge in [-0.25, -0.2) is 4.79 Å². The van der Waals surface area contributed by atoms with E-state index in [1.165, 1.54) is 15.8 Å². The highest BCUT2D eigenvalue weighted by Gasteiger charge is 2.54. The zero-order valence-electron chi connectivity index (χ0n) is 36.8. The number of benzene rings is 1. The second-order valence-electron chi connectivity index (χ2n) is 17.2. The number of unbranched alkanes of at least 4 members (excludes halogenated alkanes) is 1. The van der Waals surface area contributed by atoms with Gasteiger partial charge >= 0.3 is 12.9 Å². The monoisotopic (exact) mass is 939 g/mol. The van der Waals surface area contributed by atoms with Gasteiger partial charge in [-0.2, -0.15) is 8.42 Å². The first-order valence-corrected chi connectivity index (χ1v) is 23.9. The Morgan fingerprint density at radius 2 is 1.72 bits per heavy atom. The SMILES string of the molecule is Cc1cc(C=Cc2ccc(OCCCC(=O)NC(CS(=O)(=O)O)C(=O)NCCCCC(=O)ON3C(=O)CCC3=O)cc2)n2c1C=C1C(CCC[N+](C)(C)C)=CC(c3cccs3)=[N+]1[B-]2(F)F. The number of fused-ring (bicyclic) bond motifs is 2. The van der Waals surface area contributed by atoms with Gasteiger partial charge in [0.15, 0.2) is 11.4 Å². The molecule has 1 fully saturated rings. The Labute approximate surface area is 380 Å². The smallest absolute Gasteiger partial charge is 0.494 e. The molecule has 1 saturated heterocycles. The first-order valence-electron chi connectivity index (χ1n) is 21.4. The van der Waals surface area contributed by atoms with E-state index in [4.69, 9.17) is 9.57 Å². The molecule has 6 rings (SSSR count). The van der Waals surface area contributed by atoms with Crippen LogP contribution < -0.4 is 15.4 Å². The van der Waals surface area contributed by atoms with Crippen LogP contribution >= 0.6 is 11.3 Å². The van der Waals surface area contributed by atoms with Crippen molar-refractivity contribution in [3.8, 4) is 5.75 Å². The molecule has 1 unspecified atom stereocenters. The van der Waals surface area contributed by atoms with Crippen LogP contribution in [0.5, 0.6) is 5.75 Å². The number of hydroxylamine groups is 2. The number of rotatable bonds is 22. The Hall–Kier alpha value is -5.77. The topological polar surface area (TPSA) is 193 Å². The number of nitrogens with zero attached hydrogens (tertiary/aromatic N) is 4. The number of ether oxygens (including phenoxy) is 1. The summed E-state index contributed by atoms with van der Waals surface area (Å²) in [6.07, 6.45) is 9.05. The van der Waals surface area contributed by atoms with Crippen LogP contribution in [0.3, 0.4) is 0 Å². The standard InChI is InChI=1S/C44H53BF2N6O10S2/c1-30-26-33(50-36(30)28-37-32(10-7-23-53(2,3)4)27-38(39-11-9-25-64-39)51(37)45(50,46)47)17-14-31-15-18-34(19-16-31)62-24-8-12-40(54)49-35(29-65(59,60)61)44(58)48-22-6-5-13-43(57)63-52-41(55)20-21-42(52)56/h9,11,14-19,25-28,35H,5-8,10,12-13,20-24,29H2,1-4H3,(H2-,48,49,54,58,59,60,61)/p+1. The van der Waals surface area contributed by atoms with Gasteiger partial charge in [0.1, 0.15) is 17.5 Å². The van der Waals surface area contributed by atoms with Crippen LogP contribution in [-0.2, 0) is 38.9 Å². The lowest BCUT2D eigenvalue weighted by Crippen LogP contribution is -2.51. The number of allylic oxidation sites excluding steroid dienone is 2. The second kappa shape index (κ2) is 20.6. The second-order valence-corrected chi connectivity index (χ2v) is 19.6. The summed E-state index contributed by atoms with van der Waals surface area (Å²) in [5, 5.41) is 7.10. The molecule has 5 heterocycles. The van der Waals surface area contributed by atoms with E-state index in [0.29, 0.717) is 40.0 Å². The number of hydrogen-bond acceptors (Lipinski definition) is 10. The molecule has 4 amide bonds. The van der Waals surface area contributed by atoms with Crippen molar-refractivity contribution in [2.24, 2.45) is 0 Å². The van der Waals surface area contributed by atoms with Gasteiger partial charge in [-0.3, -0.25) is 23.7 Å². The zero-order valence-corrected chi connectivity index (χ0v) is 38.4. The first kappa shape index (κ1) is 48.7. The summed E-state index contributed by atoms with van der Waals surface area (Å²) in [7, 11) is 1.70. The minimum Gasteiger partial charge on any atom is -0.494 e. The molecular formula is C44H54BF2N6O10S2+. The van der Waals surface area contributed by atoms with Crippen LogP contribution in [0.15, 0.2) is 65.2 Å². The van der Waals surface area contributed by atoms with Crippen molar-refractivity contribution in [2.75, 3.05) is 46.6 Å². The van der Waals surface area contributed by atoms with Gasteiger partial charge in [0.25, 0.3) is 21.9 Å². The Bertz CT molecular complexity index is 2530. The average Bonchev–Trinajstić information content (AvgIpc) is 4.03. The van der Waals surface area contributed by atoms with E-state index in [2.05, 4.69) is 31.8 Å². The van der Waals surface area contributed by atoms with E-state index in [0.717, 1.165) is 43.5 Å². The number of carbonyl (C=O) groups is 5. The highest BCUT2D eigenvalue weighted by molar-refractivity contribution is 7.85. The van der Waals surface area contributed by atoms with Gasteiger partial charge < -0.3 is 42.3 Å². The van der Waals surface area contributed by atoms with E-state index >= 15 is 8.63 Å². The maximum Gasteiger partial charge on any atom is 0.737 e. The number of amides is 4. The molecule has 2 aromatic heterocycles. The van der Waals surface area contributed by atoms with Crippen molar-refractivity contribution in [1.29, 1.82) is 0 Å². The number of thiophene rings is 1. The van der Waals surface area contributed by atoms with Crippen LogP contribution in [0, 0.1) is 6.92 Å². The maximum atomic E-state index is 16.9. The van der Waals surface area contributed by atoms with E-state index in [9.17, 15) is 36.9 Å². The van der Waals surface area contributed by atoms with E-state index in [-0.39, 0.29) is 58.1 Å². The minimum atomic E-state index is -4.66. The number of quaternary nitrogens is 1. The molecule has 21 heteroatoms. The molecule has 0 bridgehead atoms. The summed E-state index contributed by atoms with van der Waals surface area (Å²) in [5.74, 6) is -4.14. The molecule has 3 aliphatic rings. The van der Waals surface area contributed by atoms with Crippen molar-refractivity contribution in [3.63, 3.8) is 0 Å². The van der Waals surface area contributed by atoms with E-state index < -0.39 is 58.5 Å². The Kier molecular flexibility index (Phi) is 15.4. The van der Waals surface area contributed by atoms with E-state index in [1.54, 1.807) is 42.5 Å². The molecule has 3 N–H and O–H groups in total. The number of carbonyl (C=O) groups excluding carboxylic acids is 5. The summed E-state index contributed by atoms with van der Waals surface area (Å²) in [4.78, 5) is 66.1. The number of halogens is 2. The molecule has 16 nitrogen and oxygen atoms in total. The lowest BCUT2D eigenvalue weighted by Gasteiger charge is -2.31. The van der Waals surface area contributed by atoms with Gasteiger partial charge in [-0.1, -0.05) is 24.3 Å². The predicted octanol–water partition coefficient (Wildman–Crippen LogP) is 4.96. The van der Waals surface area contributed by atoms with Crippen molar-refractivity contribution >= 4 is 82.0 Å². The number of hydrogen-bond donors (Lipinski definition) is 3. The van der Waals surface area contributed by atoms with E-state index in [1.807, 2.05) is 36.6 Å². The Morgan fingerprint density at radius 1 is 1.00 bits per heavy atom. The Morgan fingerprint density at radius 3 is 2.38 bits per heavy atom. The molecule has 65 heavy (non-hydrogen) atoms. The summed E-state index contributed by atoms with van der Waals surface area (Å²) < 4.78 is 75.4. The summed E-state index contributed by atoms with van der Waals surface area (Å²) in [6, 6.07) is 10.9. The highest BCUT2D eigenvalue weighted by atomic mass is 32.2. The molecule has 1 atom stereocenters. The lowest BCUT2D eigenvalue weighted by molar-refractivity contribution is -0.870. The average molecular weight is 940 g/mol. The fraction of sp³-hybridized carbons (Fsp3) is 0.409. The molecule has 0 spiro atoms. The summed E-state index contributed by atoms with van der Waals surface area (Å²) >= 11 is 1.44. The van der Waals surface area contributed by atoms with Crippen molar-refractivity contribution in [3.05, 3.63) is 92.6 Å². The highest BCUT2D eigenvalue weighted by Crippen LogP contribution is 2.40. The normalized spacial score (nSPS) is 16.3. The van der Waals surface area contributed by atoms with Crippen LogP contribution in [0.2, 0.25) is 0 Å². The first-order chi connectivity index (χ1) is 30.7. The molecular weight excluding hydrogens is 885 g/mol. The van der Waals surface area contributed by atoms with Gasteiger partial charge in [0.2, 0.25) is 11.8 Å².